The number of ether oxygens (including phenoxy) is 1. The van der Waals surface area contributed by atoms with Crippen LogP contribution in [0.1, 0.15) is 31.2 Å². The van der Waals surface area contributed by atoms with E-state index < -0.39 is 0 Å². The minimum atomic E-state index is 0. The van der Waals surface area contributed by atoms with Crippen molar-refractivity contribution < 1.29 is 4.74 Å². The van der Waals surface area contributed by atoms with Crippen molar-refractivity contribution in [1.82, 2.24) is 5.32 Å². The summed E-state index contributed by atoms with van der Waals surface area (Å²) in [5, 5.41) is 3.27. The quantitative estimate of drug-likeness (QED) is 0.660. The third kappa shape index (κ3) is 5.11. The summed E-state index contributed by atoms with van der Waals surface area (Å²) in [6.45, 7) is 0.607. The van der Waals surface area contributed by atoms with E-state index in [1.165, 1.54) is 25.7 Å². The summed E-state index contributed by atoms with van der Waals surface area (Å²) in [5.74, 6) is 1.41. The summed E-state index contributed by atoms with van der Waals surface area (Å²) in [7, 11) is 1.66. The Kier molecular flexibility index (Phi) is 6.70. The highest BCUT2D eigenvalue weighted by Gasteiger charge is 2.14. The first kappa shape index (κ1) is 15.8. The lowest BCUT2D eigenvalue weighted by Gasteiger charge is -2.12. The number of rotatable bonds is 4. The van der Waals surface area contributed by atoms with Gasteiger partial charge in [0.1, 0.15) is 5.75 Å². The lowest BCUT2D eigenvalue weighted by Crippen LogP contribution is -2.38. The van der Waals surface area contributed by atoms with Gasteiger partial charge in [-0.1, -0.05) is 25.0 Å². The molecule has 0 spiro atoms. The maximum Gasteiger partial charge on any atom is 0.189 e. The summed E-state index contributed by atoms with van der Waals surface area (Å²) in [4.78, 5) is 4.36. The van der Waals surface area contributed by atoms with E-state index in [0.717, 1.165) is 11.3 Å². The van der Waals surface area contributed by atoms with Gasteiger partial charge in [-0.3, -0.25) is 0 Å². The van der Waals surface area contributed by atoms with Gasteiger partial charge < -0.3 is 15.8 Å². The molecule has 1 aliphatic carbocycles. The molecule has 0 aliphatic heterocycles. The Morgan fingerprint density at radius 1 is 1.32 bits per heavy atom. The predicted octanol–water partition coefficient (Wildman–Crippen LogP) is 2.62. The van der Waals surface area contributed by atoms with E-state index in [4.69, 9.17) is 10.5 Å². The van der Waals surface area contributed by atoms with Crippen LogP contribution in [0.4, 0.5) is 0 Å². The lowest BCUT2D eigenvalue weighted by atomic mass is 10.2. The van der Waals surface area contributed by atoms with E-state index in [1.54, 1.807) is 7.11 Å². The second-order valence-corrected chi connectivity index (χ2v) is 4.68. The number of guanidine groups is 1. The van der Waals surface area contributed by atoms with Gasteiger partial charge in [0, 0.05) is 6.04 Å². The molecule has 4 nitrogen and oxygen atoms in total. The molecule has 5 heteroatoms. The first-order valence-electron chi connectivity index (χ1n) is 6.47. The first-order valence-corrected chi connectivity index (χ1v) is 6.47. The number of nitrogens with one attached hydrogen (secondary N) is 1. The van der Waals surface area contributed by atoms with Crippen molar-refractivity contribution in [2.24, 2.45) is 10.7 Å². The number of hydrogen-bond donors (Lipinski definition) is 2. The number of nitrogens with two attached hydrogens (primary N) is 1. The normalized spacial score (nSPS) is 15.9. The Morgan fingerprint density at radius 3 is 2.53 bits per heavy atom. The number of aliphatic imine (C=N–C) groups is 1. The summed E-state index contributed by atoms with van der Waals surface area (Å²) < 4.78 is 5.11. The summed E-state index contributed by atoms with van der Waals surface area (Å²) >= 11 is 0. The van der Waals surface area contributed by atoms with Crippen LogP contribution < -0.4 is 15.8 Å². The van der Waals surface area contributed by atoms with E-state index >= 15 is 0 Å². The van der Waals surface area contributed by atoms with E-state index in [2.05, 4.69) is 10.3 Å². The molecule has 19 heavy (non-hydrogen) atoms. The maximum atomic E-state index is 5.87. The zero-order valence-electron chi connectivity index (χ0n) is 11.3. The van der Waals surface area contributed by atoms with Gasteiger partial charge in [0.15, 0.2) is 5.96 Å². The molecule has 1 fully saturated rings. The molecule has 1 aromatic rings. The molecule has 1 saturated carbocycles. The zero-order chi connectivity index (χ0) is 12.8. The monoisotopic (exact) mass is 327 g/mol. The molecule has 1 aromatic carbocycles. The number of hydrogen-bond acceptors (Lipinski definition) is 2. The third-order valence-electron chi connectivity index (χ3n) is 3.30. The van der Waals surface area contributed by atoms with Crippen molar-refractivity contribution >= 4 is 22.9 Å². The predicted molar refractivity (Wildman–Crippen MR) is 84.0 cm³/mol. The first-order chi connectivity index (χ1) is 8.78. The highest BCUT2D eigenvalue weighted by molar-refractivity contribution is 8.93. The van der Waals surface area contributed by atoms with Crippen molar-refractivity contribution in [2.75, 3.05) is 7.11 Å². The van der Waals surface area contributed by atoms with Crippen LogP contribution in [0.5, 0.6) is 5.75 Å². The molecule has 0 radical (unpaired) electrons. The second kappa shape index (κ2) is 8.04. The Bertz CT molecular complexity index is 400. The Labute approximate surface area is 125 Å². The molecule has 0 atom stereocenters. The van der Waals surface area contributed by atoms with Crippen molar-refractivity contribution in [3.63, 3.8) is 0 Å². The molecule has 0 bridgehead atoms. The minimum absolute atomic E-state index is 0. The molecule has 106 valence electrons. The van der Waals surface area contributed by atoms with Crippen LogP contribution in [-0.4, -0.2) is 19.1 Å². The number of methoxy groups -OCH3 is 1. The Hall–Kier alpha value is -1.23. The fourth-order valence-electron chi connectivity index (χ4n) is 2.23. The average Bonchev–Trinajstić information content (AvgIpc) is 2.90. The molecule has 0 amide bonds. The van der Waals surface area contributed by atoms with Crippen LogP contribution in [0, 0.1) is 0 Å². The molecule has 0 heterocycles. The van der Waals surface area contributed by atoms with Gasteiger partial charge in [-0.15, -0.1) is 17.0 Å². The number of halogens is 1. The average molecular weight is 328 g/mol. The zero-order valence-corrected chi connectivity index (χ0v) is 13.0. The minimum Gasteiger partial charge on any atom is -0.497 e. The molecular formula is C14H22BrN3O. The summed E-state index contributed by atoms with van der Waals surface area (Å²) in [5.41, 5.74) is 7.00. The highest BCUT2D eigenvalue weighted by atomic mass is 79.9. The highest BCUT2D eigenvalue weighted by Crippen LogP contribution is 2.17. The van der Waals surface area contributed by atoms with Crippen molar-refractivity contribution in [3.8, 4) is 5.75 Å². The van der Waals surface area contributed by atoms with Crippen LogP contribution in [-0.2, 0) is 6.54 Å². The van der Waals surface area contributed by atoms with E-state index in [0.29, 0.717) is 18.5 Å². The smallest absolute Gasteiger partial charge is 0.189 e. The molecule has 0 aromatic heterocycles. The lowest BCUT2D eigenvalue weighted by molar-refractivity contribution is 0.414. The standard InChI is InChI=1S/C14H21N3O.BrH/c1-18-13-8-6-11(7-9-13)10-16-14(15)17-12-4-2-3-5-12;/h6-9,12H,2-5,10H2,1H3,(H3,15,16,17);1H. The van der Waals surface area contributed by atoms with Crippen LogP contribution in [0.3, 0.4) is 0 Å². The van der Waals surface area contributed by atoms with Gasteiger partial charge in [0.2, 0.25) is 0 Å². The van der Waals surface area contributed by atoms with Crippen LogP contribution >= 0.6 is 17.0 Å². The van der Waals surface area contributed by atoms with Gasteiger partial charge >= 0.3 is 0 Å². The molecular weight excluding hydrogens is 306 g/mol. The molecule has 0 saturated heterocycles. The summed E-state index contributed by atoms with van der Waals surface area (Å²) in [6.07, 6.45) is 5.00. The number of benzene rings is 1. The Balaban J connectivity index is 0.00000180. The van der Waals surface area contributed by atoms with Gasteiger partial charge in [0.05, 0.1) is 13.7 Å². The van der Waals surface area contributed by atoms with Gasteiger partial charge in [-0.05, 0) is 30.5 Å². The molecule has 0 unspecified atom stereocenters. The van der Waals surface area contributed by atoms with Crippen molar-refractivity contribution in [1.29, 1.82) is 0 Å². The maximum absolute atomic E-state index is 5.87. The van der Waals surface area contributed by atoms with E-state index in [1.807, 2.05) is 24.3 Å². The second-order valence-electron chi connectivity index (χ2n) is 4.68. The third-order valence-corrected chi connectivity index (χ3v) is 3.30. The molecule has 2 rings (SSSR count). The van der Waals surface area contributed by atoms with Crippen molar-refractivity contribution in [3.05, 3.63) is 29.8 Å². The van der Waals surface area contributed by atoms with E-state index in [-0.39, 0.29) is 17.0 Å². The van der Waals surface area contributed by atoms with Crippen LogP contribution in [0.2, 0.25) is 0 Å². The van der Waals surface area contributed by atoms with Gasteiger partial charge in [0.25, 0.3) is 0 Å². The topological polar surface area (TPSA) is 59.6 Å². The van der Waals surface area contributed by atoms with Crippen LogP contribution in [0.15, 0.2) is 29.3 Å². The van der Waals surface area contributed by atoms with Gasteiger partial charge in [-0.25, -0.2) is 4.99 Å². The SMILES string of the molecule is Br.COc1ccc(CN=C(N)NC2CCCC2)cc1. The summed E-state index contributed by atoms with van der Waals surface area (Å²) in [6, 6.07) is 8.40. The molecule has 1 aliphatic rings. The fourth-order valence-corrected chi connectivity index (χ4v) is 2.23. The van der Waals surface area contributed by atoms with Gasteiger partial charge in [-0.2, -0.15) is 0 Å². The largest absolute Gasteiger partial charge is 0.497 e. The Morgan fingerprint density at radius 2 is 1.95 bits per heavy atom. The van der Waals surface area contributed by atoms with Crippen molar-refractivity contribution in [2.45, 2.75) is 38.3 Å². The number of nitrogens with zero attached hydrogens (tertiary/aromatic N) is 1. The fraction of sp³-hybridized carbons (Fsp3) is 0.500. The van der Waals surface area contributed by atoms with E-state index in [9.17, 15) is 0 Å². The molecule has 3 N–H and O–H groups in total. The van der Waals surface area contributed by atoms with Crippen LogP contribution in [0.25, 0.3) is 0 Å².